The lowest BCUT2D eigenvalue weighted by molar-refractivity contribution is -0.146. The van der Waals surface area contributed by atoms with Gasteiger partial charge < -0.3 is 30.5 Å². The molecule has 242 valence electrons. The molecule has 0 saturated heterocycles. The molecule has 7 nitrogen and oxygen atoms in total. The van der Waals surface area contributed by atoms with Crippen LogP contribution in [0.5, 0.6) is 5.75 Å². The van der Waals surface area contributed by atoms with Crippen LogP contribution in [-0.2, 0) is 17.6 Å². The Bertz CT molecular complexity index is 1050. The van der Waals surface area contributed by atoms with Crippen LogP contribution in [0.15, 0.2) is 36.5 Å². The monoisotopic (exact) mass is 598 g/mol. The van der Waals surface area contributed by atoms with Gasteiger partial charge in [-0.05, 0) is 81.4 Å². The van der Waals surface area contributed by atoms with E-state index in [4.69, 9.17) is 0 Å². The van der Waals surface area contributed by atoms with Crippen molar-refractivity contribution in [1.29, 1.82) is 0 Å². The first-order valence-corrected chi connectivity index (χ1v) is 16.9. The van der Waals surface area contributed by atoms with Gasteiger partial charge in [0.2, 0.25) is 0 Å². The Labute approximate surface area is 258 Å². The van der Waals surface area contributed by atoms with Gasteiger partial charge in [0.1, 0.15) is 5.75 Å². The zero-order chi connectivity index (χ0) is 31.1. The highest BCUT2D eigenvalue weighted by Gasteiger charge is 2.41. The van der Waals surface area contributed by atoms with Gasteiger partial charge in [0.05, 0.1) is 23.7 Å². The molecule has 0 radical (unpaired) electrons. The summed E-state index contributed by atoms with van der Waals surface area (Å²) in [6.45, 7) is 2.20. The summed E-state index contributed by atoms with van der Waals surface area (Å²) < 4.78 is 0. The zero-order valence-electron chi connectivity index (χ0n) is 26.3. The number of hydrogen-bond acceptors (Lipinski definition) is 5. The number of hydrogen-bond donors (Lipinski definition) is 5. The number of nitrogens with zero attached hydrogens (tertiary/aromatic N) is 1. The Kier molecular flexibility index (Phi) is 15.1. The molecule has 1 fully saturated rings. The largest absolute Gasteiger partial charge is 0.667 e. The number of unbranched alkanes of at least 4 members (excludes halogenated alkanes) is 7. The quantitative estimate of drug-likeness (QED) is 0.0930. The van der Waals surface area contributed by atoms with E-state index in [1.165, 1.54) is 25.7 Å². The summed E-state index contributed by atoms with van der Waals surface area (Å²) in [7, 11) is 0. The maximum Gasteiger partial charge on any atom is 0.309 e. The second kappa shape index (κ2) is 18.5. The van der Waals surface area contributed by atoms with Gasteiger partial charge in [0.15, 0.2) is 0 Å². The number of carboxylic acid groups (broad SMARTS) is 1. The summed E-state index contributed by atoms with van der Waals surface area (Å²) in [5, 5.41) is 51.9. The van der Waals surface area contributed by atoms with E-state index < -0.39 is 23.6 Å². The molecule has 0 bridgehead atoms. The van der Waals surface area contributed by atoms with Gasteiger partial charge in [-0.25, -0.2) is 0 Å². The van der Waals surface area contributed by atoms with Crippen LogP contribution in [0.3, 0.4) is 0 Å². The lowest BCUT2D eigenvalue weighted by atomic mass is 9.81. The van der Waals surface area contributed by atoms with E-state index in [2.05, 4.69) is 18.0 Å². The maximum atomic E-state index is 12.0. The van der Waals surface area contributed by atoms with Crippen LogP contribution in [0.2, 0.25) is 0 Å². The fourth-order valence-corrected chi connectivity index (χ4v) is 6.82. The van der Waals surface area contributed by atoms with Crippen molar-refractivity contribution in [3.63, 3.8) is 0 Å². The van der Waals surface area contributed by atoms with Crippen molar-refractivity contribution >= 4 is 5.97 Å². The van der Waals surface area contributed by atoms with E-state index in [1.807, 2.05) is 18.3 Å². The van der Waals surface area contributed by atoms with Crippen LogP contribution >= 0.6 is 0 Å². The van der Waals surface area contributed by atoms with Crippen molar-refractivity contribution in [1.82, 2.24) is 4.98 Å². The Morgan fingerprint density at radius 2 is 1.58 bits per heavy atom. The smallest absolute Gasteiger partial charge is 0.309 e. The Morgan fingerprint density at radius 3 is 2.23 bits per heavy atom. The molecule has 0 spiro atoms. The Hall–Kier alpha value is -2.35. The number of phenols is 1. The number of aliphatic hydroxyl groups excluding tert-OH is 2. The molecular formula is C36H56NO6-. The molecule has 3 rings (SSSR count). The lowest BCUT2D eigenvalue weighted by Crippen LogP contribution is -2.37. The normalized spacial score (nSPS) is 20.7. The molecule has 5 N–H and O–H groups in total. The average Bonchev–Trinajstić information content (AvgIpc) is 3.58. The molecule has 0 unspecified atom stereocenters. The van der Waals surface area contributed by atoms with Crippen molar-refractivity contribution in [3.05, 3.63) is 53.3 Å². The number of aliphatic carboxylic acids is 1. The summed E-state index contributed by atoms with van der Waals surface area (Å²) in [6.07, 6.45) is 16.8. The second-order valence-corrected chi connectivity index (χ2v) is 13.1. The van der Waals surface area contributed by atoms with Gasteiger partial charge in [-0.1, -0.05) is 94.9 Å². The average molecular weight is 599 g/mol. The molecule has 5 atom stereocenters. The van der Waals surface area contributed by atoms with Gasteiger partial charge in [-0.3, -0.25) is 4.79 Å². The number of aromatic hydroxyl groups is 1. The maximum absolute atomic E-state index is 12.0. The van der Waals surface area contributed by atoms with Crippen molar-refractivity contribution in [2.45, 2.75) is 147 Å². The highest BCUT2D eigenvalue weighted by molar-refractivity contribution is 5.70. The van der Waals surface area contributed by atoms with Crippen LogP contribution < -0.4 is 4.98 Å². The van der Waals surface area contributed by atoms with Crippen LogP contribution in [-0.4, -0.2) is 49.3 Å². The minimum atomic E-state index is -0.980. The second-order valence-electron chi connectivity index (χ2n) is 13.1. The number of phenolic OH excluding ortho intramolecular Hbond substituents is 1. The predicted molar refractivity (Wildman–Crippen MR) is 170 cm³/mol. The third-order valence-corrected chi connectivity index (χ3v) is 9.57. The number of carbonyl (C=O) groups is 1. The minimum absolute atomic E-state index is 0.0334. The van der Waals surface area contributed by atoms with E-state index in [0.717, 1.165) is 81.0 Å². The van der Waals surface area contributed by atoms with Gasteiger partial charge in [-0.15, -0.1) is 0 Å². The fourth-order valence-electron chi connectivity index (χ4n) is 6.82. The van der Waals surface area contributed by atoms with Crippen LogP contribution in [0.4, 0.5) is 0 Å². The number of aromatic nitrogens is 1. The predicted octanol–water partition coefficient (Wildman–Crippen LogP) is 6.92. The Morgan fingerprint density at radius 1 is 0.930 bits per heavy atom. The molecule has 0 amide bonds. The summed E-state index contributed by atoms with van der Waals surface area (Å²) in [5.74, 6) is -1.51. The van der Waals surface area contributed by atoms with E-state index in [9.17, 15) is 30.3 Å². The molecule has 7 heteroatoms. The third-order valence-electron chi connectivity index (χ3n) is 9.57. The highest BCUT2D eigenvalue weighted by Crippen LogP contribution is 2.41. The van der Waals surface area contributed by atoms with Crippen LogP contribution in [0, 0.1) is 11.8 Å². The third kappa shape index (κ3) is 12.3. The molecule has 1 aliphatic carbocycles. The van der Waals surface area contributed by atoms with E-state index >= 15 is 0 Å². The topological polar surface area (TPSA) is 132 Å². The van der Waals surface area contributed by atoms with Crippen molar-refractivity contribution in [3.8, 4) is 5.75 Å². The SMILES string of the molecule is CCCCCCC[C@H](O)CCCCCC[C@H](C(=O)O)[C@H](O)CC[C@@]1(O)CCC[C@H]1Cc1cc(Cc2ccc(O)cc2)c[n-]1. The molecule has 0 aliphatic heterocycles. The highest BCUT2D eigenvalue weighted by atomic mass is 16.4. The van der Waals surface area contributed by atoms with Gasteiger partial charge in [0, 0.05) is 0 Å². The van der Waals surface area contributed by atoms with Crippen molar-refractivity contribution < 1.29 is 30.3 Å². The summed E-state index contributed by atoms with van der Waals surface area (Å²) in [4.78, 5) is 16.6. The van der Waals surface area contributed by atoms with E-state index in [0.29, 0.717) is 25.7 Å². The molecule has 2 aromatic rings. The van der Waals surface area contributed by atoms with Crippen molar-refractivity contribution in [2.24, 2.45) is 11.8 Å². The molecule has 43 heavy (non-hydrogen) atoms. The van der Waals surface area contributed by atoms with Gasteiger partial charge in [-0.2, -0.15) is 11.9 Å². The first kappa shape index (κ1) is 35.1. The molecule has 1 heterocycles. The lowest BCUT2D eigenvalue weighted by Gasteiger charge is -2.33. The molecule has 1 saturated carbocycles. The van der Waals surface area contributed by atoms with Gasteiger partial charge in [0.25, 0.3) is 0 Å². The summed E-state index contributed by atoms with van der Waals surface area (Å²) >= 11 is 0. The number of benzene rings is 1. The molecular weight excluding hydrogens is 542 g/mol. The molecule has 1 aromatic heterocycles. The van der Waals surface area contributed by atoms with Gasteiger partial charge >= 0.3 is 5.97 Å². The zero-order valence-corrected chi connectivity index (χ0v) is 26.3. The van der Waals surface area contributed by atoms with E-state index in [-0.39, 0.29) is 24.2 Å². The van der Waals surface area contributed by atoms with Crippen molar-refractivity contribution in [2.75, 3.05) is 0 Å². The standard InChI is InChI=1S/C36H56NO6/c1-2-3-4-5-8-13-31(38)14-9-6-7-10-15-33(35(41)42)34(40)20-22-36(43)21-11-12-29(36)25-30-24-28(26-37-30)23-27-16-18-32(39)19-17-27/h16-19,24,26,29,31,33-34,38-40,43H,2-15,20-23,25H2,1H3,(H,41,42)/q-1/t29-,31-,33-,34+,36-/m0/s1. The van der Waals surface area contributed by atoms with Crippen LogP contribution in [0.25, 0.3) is 0 Å². The summed E-state index contributed by atoms with van der Waals surface area (Å²) in [5.41, 5.74) is 2.22. The first-order chi connectivity index (χ1) is 20.7. The number of aliphatic hydroxyl groups is 3. The van der Waals surface area contributed by atoms with Crippen LogP contribution in [0.1, 0.15) is 133 Å². The van der Waals surface area contributed by atoms with E-state index in [1.54, 1.807) is 12.1 Å². The molecule has 1 aromatic carbocycles. The number of carboxylic acids is 1. The summed E-state index contributed by atoms with van der Waals surface area (Å²) in [6, 6.07) is 9.24. The molecule has 1 aliphatic rings. The fraction of sp³-hybridized carbons (Fsp3) is 0.694. The minimum Gasteiger partial charge on any atom is -0.667 e. The first-order valence-electron chi connectivity index (χ1n) is 16.9. The number of rotatable bonds is 22. The Balaban J connectivity index is 1.37.